The number of carbonyl (C=O) groups excluding carboxylic acids is 1. The van der Waals surface area contributed by atoms with E-state index in [-0.39, 0.29) is 6.10 Å². The second-order valence-corrected chi connectivity index (χ2v) is 5.22. The van der Waals surface area contributed by atoms with Crippen molar-refractivity contribution in [1.82, 2.24) is 0 Å². The summed E-state index contributed by atoms with van der Waals surface area (Å²) < 4.78 is 11.1. The SMILES string of the molecule is O=C=NC1(c2ccccc2OC2COC2)CCCC1. The number of rotatable bonds is 4. The van der Waals surface area contributed by atoms with Crippen molar-refractivity contribution in [2.75, 3.05) is 13.2 Å². The molecule has 0 bridgehead atoms. The summed E-state index contributed by atoms with van der Waals surface area (Å²) in [5.41, 5.74) is 0.589. The summed E-state index contributed by atoms with van der Waals surface area (Å²) in [4.78, 5) is 14.9. The van der Waals surface area contributed by atoms with Gasteiger partial charge in [0.05, 0.1) is 13.2 Å². The number of hydrogen-bond donors (Lipinski definition) is 0. The van der Waals surface area contributed by atoms with Gasteiger partial charge >= 0.3 is 0 Å². The predicted molar refractivity (Wildman–Crippen MR) is 69.9 cm³/mol. The van der Waals surface area contributed by atoms with E-state index < -0.39 is 5.54 Å². The van der Waals surface area contributed by atoms with Crippen LogP contribution in [0, 0.1) is 0 Å². The third-order valence-corrected chi connectivity index (χ3v) is 3.98. The predicted octanol–water partition coefficient (Wildman–Crippen LogP) is 2.57. The Kier molecular flexibility index (Phi) is 3.36. The minimum Gasteiger partial charge on any atom is -0.485 e. The molecule has 2 aliphatic rings. The van der Waals surface area contributed by atoms with Gasteiger partial charge in [0.15, 0.2) is 0 Å². The van der Waals surface area contributed by atoms with E-state index in [4.69, 9.17) is 9.47 Å². The molecular formula is C15H17NO3. The molecule has 3 rings (SSSR count). The van der Waals surface area contributed by atoms with Gasteiger partial charge in [-0.25, -0.2) is 4.79 Å². The topological polar surface area (TPSA) is 47.9 Å². The fourth-order valence-electron chi connectivity index (χ4n) is 2.90. The van der Waals surface area contributed by atoms with Crippen molar-refractivity contribution in [1.29, 1.82) is 0 Å². The van der Waals surface area contributed by atoms with Gasteiger partial charge in [0.25, 0.3) is 0 Å². The highest BCUT2D eigenvalue weighted by Gasteiger charge is 2.38. The number of aliphatic imine (C=N–C) groups is 1. The van der Waals surface area contributed by atoms with E-state index in [9.17, 15) is 4.79 Å². The van der Waals surface area contributed by atoms with Crippen LogP contribution in [-0.2, 0) is 15.1 Å². The van der Waals surface area contributed by atoms with Crippen LogP contribution in [0.25, 0.3) is 0 Å². The van der Waals surface area contributed by atoms with Crippen molar-refractivity contribution in [3.8, 4) is 5.75 Å². The Balaban J connectivity index is 1.95. The van der Waals surface area contributed by atoms with Gasteiger partial charge in [0.2, 0.25) is 6.08 Å². The molecular weight excluding hydrogens is 242 g/mol. The average Bonchev–Trinajstić information content (AvgIpc) is 2.84. The molecule has 4 heteroatoms. The second kappa shape index (κ2) is 5.16. The van der Waals surface area contributed by atoms with Crippen LogP contribution < -0.4 is 4.74 Å². The van der Waals surface area contributed by atoms with Crippen molar-refractivity contribution in [2.45, 2.75) is 37.3 Å². The van der Waals surface area contributed by atoms with E-state index in [0.29, 0.717) is 13.2 Å². The molecule has 1 heterocycles. The average molecular weight is 259 g/mol. The Labute approximate surface area is 112 Å². The van der Waals surface area contributed by atoms with Gasteiger partial charge in [0.1, 0.15) is 17.4 Å². The number of isocyanates is 1. The normalized spacial score (nSPS) is 21.5. The highest BCUT2D eigenvalue weighted by atomic mass is 16.6. The van der Waals surface area contributed by atoms with Gasteiger partial charge in [-0.1, -0.05) is 31.0 Å². The molecule has 1 aromatic carbocycles. The highest BCUT2D eigenvalue weighted by molar-refractivity contribution is 5.44. The third kappa shape index (κ3) is 2.29. The lowest BCUT2D eigenvalue weighted by Gasteiger charge is -2.31. The smallest absolute Gasteiger partial charge is 0.235 e. The summed E-state index contributed by atoms with van der Waals surface area (Å²) in [7, 11) is 0. The number of benzene rings is 1. The van der Waals surface area contributed by atoms with Crippen LogP contribution in [0.2, 0.25) is 0 Å². The molecule has 1 aliphatic heterocycles. The van der Waals surface area contributed by atoms with E-state index >= 15 is 0 Å². The maximum Gasteiger partial charge on any atom is 0.235 e. The van der Waals surface area contributed by atoms with E-state index in [0.717, 1.165) is 37.0 Å². The number of nitrogens with zero attached hydrogens (tertiary/aromatic N) is 1. The number of ether oxygens (including phenoxy) is 2. The quantitative estimate of drug-likeness (QED) is 0.616. The standard InChI is InChI=1S/C15H17NO3/c17-11-16-15(7-3-4-8-15)13-5-1-2-6-14(13)19-12-9-18-10-12/h1-2,5-6,12H,3-4,7-10H2. The van der Waals surface area contributed by atoms with Gasteiger partial charge in [0, 0.05) is 5.56 Å². The largest absolute Gasteiger partial charge is 0.485 e. The zero-order chi connectivity index (χ0) is 13.1. The Morgan fingerprint density at radius 3 is 2.63 bits per heavy atom. The van der Waals surface area contributed by atoms with Crippen LogP contribution >= 0.6 is 0 Å². The molecule has 4 nitrogen and oxygen atoms in total. The fraction of sp³-hybridized carbons (Fsp3) is 0.533. The molecule has 1 aliphatic carbocycles. The first-order valence-electron chi connectivity index (χ1n) is 6.77. The van der Waals surface area contributed by atoms with Crippen molar-refractivity contribution in [2.24, 2.45) is 4.99 Å². The minimum atomic E-state index is -0.428. The lowest BCUT2D eigenvalue weighted by atomic mass is 9.88. The first-order chi connectivity index (χ1) is 9.34. The lowest BCUT2D eigenvalue weighted by Crippen LogP contribution is -2.39. The molecule has 1 aromatic rings. The molecule has 0 N–H and O–H groups in total. The Hall–Kier alpha value is -1.64. The summed E-state index contributed by atoms with van der Waals surface area (Å²) in [6, 6.07) is 7.89. The van der Waals surface area contributed by atoms with Crippen LogP contribution in [0.4, 0.5) is 0 Å². The molecule has 0 aromatic heterocycles. The summed E-state index contributed by atoms with van der Waals surface area (Å²) in [6.45, 7) is 1.27. The van der Waals surface area contributed by atoms with Gasteiger partial charge in [-0.2, -0.15) is 4.99 Å². The molecule has 2 fully saturated rings. The Bertz CT molecular complexity index is 498. The van der Waals surface area contributed by atoms with E-state index in [1.807, 2.05) is 24.3 Å². The first-order valence-corrected chi connectivity index (χ1v) is 6.77. The maximum atomic E-state index is 10.8. The maximum absolute atomic E-state index is 10.8. The van der Waals surface area contributed by atoms with Gasteiger partial charge in [-0.15, -0.1) is 0 Å². The van der Waals surface area contributed by atoms with Crippen molar-refractivity contribution >= 4 is 6.08 Å². The molecule has 0 atom stereocenters. The van der Waals surface area contributed by atoms with E-state index in [1.165, 1.54) is 0 Å². The molecule has 1 saturated heterocycles. The summed E-state index contributed by atoms with van der Waals surface area (Å²) in [5, 5.41) is 0. The molecule has 0 spiro atoms. The van der Waals surface area contributed by atoms with E-state index in [1.54, 1.807) is 6.08 Å². The zero-order valence-corrected chi connectivity index (χ0v) is 10.8. The van der Waals surface area contributed by atoms with Crippen LogP contribution in [-0.4, -0.2) is 25.4 Å². The highest BCUT2D eigenvalue weighted by Crippen LogP contribution is 2.45. The van der Waals surface area contributed by atoms with Gasteiger partial charge in [-0.05, 0) is 18.9 Å². The Morgan fingerprint density at radius 2 is 2.00 bits per heavy atom. The lowest BCUT2D eigenvalue weighted by molar-refractivity contribution is -0.0803. The Morgan fingerprint density at radius 1 is 1.26 bits per heavy atom. The molecule has 0 radical (unpaired) electrons. The summed E-state index contributed by atoms with van der Waals surface area (Å²) >= 11 is 0. The first kappa shape index (κ1) is 12.4. The second-order valence-electron chi connectivity index (χ2n) is 5.22. The van der Waals surface area contributed by atoms with Gasteiger partial charge < -0.3 is 9.47 Å². The summed E-state index contributed by atoms with van der Waals surface area (Å²) in [5.74, 6) is 0.830. The van der Waals surface area contributed by atoms with Crippen molar-refractivity contribution < 1.29 is 14.3 Å². The van der Waals surface area contributed by atoms with Crippen LogP contribution in [0.15, 0.2) is 29.3 Å². The van der Waals surface area contributed by atoms with Crippen molar-refractivity contribution in [3.05, 3.63) is 29.8 Å². The monoisotopic (exact) mass is 259 g/mol. The van der Waals surface area contributed by atoms with Crippen LogP contribution in [0.1, 0.15) is 31.2 Å². The molecule has 1 saturated carbocycles. The van der Waals surface area contributed by atoms with E-state index in [2.05, 4.69) is 4.99 Å². The van der Waals surface area contributed by atoms with Gasteiger partial charge in [-0.3, -0.25) is 0 Å². The molecule has 19 heavy (non-hydrogen) atoms. The molecule has 0 amide bonds. The summed E-state index contributed by atoms with van der Waals surface area (Å²) in [6.07, 6.45) is 5.84. The van der Waals surface area contributed by atoms with Crippen LogP contribution in [0.3, 0.4) is 0 Å². The number of para-hydroxylation sites is 1. The van der Waals surface area contributed by atoms with Crippen LogP contribution in [0.5, 0.6) is 5.75 Å². The molecule has 100 valence electrons. The number of hydrogen-bond acceptors (Lipinski definition) is 4. The molecule has 0 unspecified atom stereocenters. The minimum absolute atomic E-state index is 0.125. The van der Waals surface area contributed by atoms with Crippen molar-refractivity contribution in [3.63, 3.8) is 0 Å². The fourth-order valence-corrected chi connectivity index (χ4v) is 2.90. The third-order valence-electron chi connectivity index (χ3n) is 3.98. The zero-order valence-electron chi connectivity index (χ0n) is 10.8.